The first-order valence-corrected chi connectivity index (χ1v) is 13.2. The monoisotopic (exact) mass is 461 g/mol. The number of carbonyl (C=O) groups excluding carboxylic acids is 1. The van der Waals surface area contributed by atoms with Crippen LogP contribution in [0.25, 0.3) is 0 Å². The zero-order chi connectivity index (χ0) is 23.3. The molecule has 0 unspecified atom stereocenters. The number of piperidine rings is 1. The van der Waals surface area contributed by atoms with Gasteiger partial charge in [0.1, 0.15) is 11.5 Å². The van der Waals surface area contributed by atoms with Crippen LogP contribution >= 0.6 is 0 Å². The molecule has 1 aromatic carbocycles. The fourth-order valence-corrected chi connectivity index (χ4v) is 5.30. The van der Waals surface area contributed by atoms with Crippen LogP contribution in [-0.4, -0.2) is 72.5 Å². The van der Waals surface area contributed by atoms with Crippen LogP contribution in [-0.2, 0) is 6.54 Å². The molecular weight excluding hydrogens is 422 g/mol. The van der Waals surface area contributed by atoms with Crippen LogP contribution < -0.4 is 10.2 Å². The van der Waals surface area contributed by atoms with Gasteiger partial charge >= 0.3 is 0 Å². The molecule has 3 aliphatic rings. The summed E-state index contributed by atoms with van der Waals surface area (Å²) < 4.78 is 0. The standard InChI is InChI=1S/C28H39N5O/c1-22-6-8-24(9-7-22)21-31-16-12-25(13-17-31)32-14-3-15-33(19-18-32)27-5-2-4-26(30-27)28(34)29-20-23-10-11-23/h2,4-9,23,25H,3,10-21H2,1H3,(H,29,34). The van der Waals surface area contributed by atoms with Gasteiger partial charge in [0, 0.05) is 45.3 Å². The Morgan fingerprint density at radius 2 is 1.74 bits per heavy atom. The van der Waals surface area contributed by atoms with Crippen molar-refractivity contribution in [1.29, 1.82) is 0 Å². The Morgan fingerprint density at radius 1 is 0.941 bits per heavy atom. The lowest BCUT2D eigenvalue weighted by molar-refractivity contribution is 0.0947. The summed E-state index contributed by atoms with van der Waals surface area (Å²) in [5.74, 6) is 1.58. The molecule has 1 N–H and O–H groups in total. The number of likely N-dealkylation sites (tertiary alicyclic amines) is 1. The van der Waals surface area contributed by atoms with Crippen LogP contribution in [0.3, 0.4) is 0 Å². The Morgan fingerprint density at radius 3 is 2.50 bits per heavy atom. The molecule has 0 spiro atoms. The Bertz CT molecular complexity index is 950. The third-order valence-electron chi connectivity index (χ3n) is 7.67. The van der Waals surface area contributed by atoms with E-state index in [2.05, 4.69) is 57.3 Å². The number of pyridine rings is 1. The maximum atomic E-state index is 12.5. The van der Waals surface area contributed by atoms with Gasteiger partial charge in [-0.1, -0.05) is 35.9 Å². The second-order valence-electron chi connectivity index (χ2n) is 10.4. The summed E-state index contributed by atoms with van der Waals surface area (Å²) in [6, 6.07) is 15.5. The maximum Gasteiger partial charge on any atom is 0.269 e. The minimum Gasteiger partial charge on any atom is -0.355 e. The molecule has 3 fully saturated rings. The number of anilines is 1. The van der Waals surface area contributed by atoms with Crippen LogP contribution in [0.5, 0.6) is 0 Å². The summed E-state index contributed by atoms with van der Waals surface area (Å²) >= 11 is 0. The number of aryl methyl sites for hydroxylation is 1. The number of nitrogens with one attached hydrogen (secondary N) is 1. The summed E-state index contributed by atoms with van der Waals surface area (Å²) in [6.07, 6.45) is 6.12. The van der Waals surface area contributed by atoms with E-state index in [9.17, 15) is 4.79 Å². The number of benzene rings is 1. The number of rotatable bonds is 7. The van der Waals surface area contributed by atoms with Gasteiger partial charge in [0.2, 0.25) is 0 Å². The van der Waals surface area contributed by atoms with Gasteiger partial charge in [-0.15, -0.1) is 0 Å². The molecule has 0 radical (unpaired) electrons. The normalized spacial score (nSPS) is 20.8. The number of carbonyl (C=O) groups is 1. The van der Waals surface area contributed by atoms with E-state index >= 15 is 0 Å². The van der Waals surface area contributed by atoms with Crippen LogP contribution in [0.4, 0.5) is 5.82 Å². The molecule has 2 saturated heterocycles. The minimum atomic E-state index is -0.0393. The third-order valence-corrected chi connectivity index (χ3v) is 7.67. The quantitative estimate of drug-likeness (QED) is 0.681. The summed E-state index contributed by atoms with van der Waals surface area (Å²) in [7, 11) is 0. The van der Waals surface area contributed by atoms with Crippen LogP contribution in [0.2, 0.25) is 0 Å². The van der Waals surface area contributed by atoms with Gasteiger partial charge < -0.3 is 10.2 Å². The Labute approximate surface area is 204 Å². The first kappa shape index (κ1) is 23.3. The lowest BCUT2D eigenvalue weighted by Gasteiger charge is -2.38. The lowest BCUT2D eigenvalue weighted by atomic mass is 10.0. The van der Waals surface area contributed by atoms with Crippen LogP contribution in [0, 0.1) is 12.8 Å². The number of hydrogen-bond donors (Lipinski definition) is 1. The number of nitrogens with zero attached hydrogens (tertiary/aromatic N) is 4. The highest BCUT2D eigenvalue weighted by atomic mass is 16.1. The highest BCUT2D eigenvalue weighted by molar-refractivity contribution is 5.92. The Hall–Kier alpha value is -2.44. The molecule has 3 heterocycles. The van der Waals surface area contributed by atoms with Crippen molar-refractivity contribution in [3.05, 3.63) is 59.3 Å². The molecule has 2 aliphatic heterocycles. The second kappa shape index (κ2) is 10.9. The molecule has 1 aliphatic carbocycles. The van der Waals surface area contributed by atoms with Crippen molar-refractivity contribution in [3.63, 3.8) is 0 Å². The molecule has 2 aromatic rings. The molecular formula is C28H39N5O. The van der Waals surface area contributed by atoms with Gasteiger partial charge in [-0.3, -0.25) is 14.6 Å². The lowest BCUT2D eigenvalue weighted by Crippen LogP contribution is -2.46. The van der Waals surface area contributed by atoms with Crippen LogP contribution in [0.1, 0.15) is 53.7 Å². The zero-order valence-corrected chi connectivity index (χ0v) is 20.6. The predicted octanol–water partition coefficient (Wildman–Crippen LogP) is 3.71. The molecule has 6 heteroatoms. The highest BCUT2D eigenvalue weighted by Gasteiger charge is 2.27. The van der Waals surface area contributed by atoms with E-state index in [1.807, 2.05) is 12.1 Å². The fraction of sp³-hybridized carbons (Fsp3) is 0.571. The van der Waals surface area contributed by atoms with E-state index in [1.54, 1.807) is 0 Å². The number of hydrogen-bond acceptors (Lipinski definition) is 5. The predicted molar refractivity (Wildman–Crippen MR) is 137 cm³/mol. The average Bonchev–Trinajstić information content (AvgIpc) is 3.72. The molecule has 1 amide bonds. The summed E-state index contributed by atoms with van der Waals surface area (Å²) in [4.78, 5) is 24.9. The SMILES string of the molecule is Cc1ccc(CN2CCC(N3CCCN(c4cccc(C(=O)NCC5CC5)n4)CC3)CC2)cc1. The summed E-state index contributed by atoms with van der Waals surface area (Å²) in [5, 5.41) is 3.04. The third kappa shape index (κ3) is 6.16. The average molecular weight is 462 g/mol. The second-order valence-corrected chi connectivity index (χ2v) is 10.4. The zero-order valence-electron chi connectivity index (χ0n) is 20.6. The largest absolute Gasteiger partial charge is 0.355 e. The number of amides is 1. The van der Waals surface area contributed by atoms with Crippen molar-refractivity contribution in [2.75, 3.05) is 50.7 Å². The Balaban J connectivity index is 1.11. The van der Waals surface area contributed by atoms with Gasteiger partial charge in [0.25, 0.3) is 5.91 Å². The van der Waals surface area contributed by atoms with E-state index in [-0.39, 0.29) is 5.91 Å². The Kier molecular flexibility index (Phi) is 7.45. The van der Waals surface area contributed by atoms with Crippen molar-refractivity contribution in [2.24, 2.45) is 5.92 Å². The van der Waals surface area contributed by atoms with Crippen molar-refractivity contribution >= 4 is 11.7 Å². The van der Waals surface area contributed by atoms with Gasteiger partial charge in [-0.05, 0) is 75.7 Å². The molecule has 1 saturated carbocycles. The highest BCUT2D eigenvalue weighted by Crippen LogP contribution is 2.27. The van der Waals surface area contributed by atoms with Gasteiger partial charge in [0.15, 0.2) is 0 Å². The first-order chi connectivity index (χ1) is 16.6. The molecule has 182 valence electrons. The molecule has 6 nitrogen and oxygen atoms in total. The van der Waals surface area contributed by atoms with Gasteiger partial charge in [0.05, 0.1) is 0 Å². The topological polar surface area (TPSA) is 51.7 Å². The van der Waals surface area contributed by atoms with E-state index in [1.165, 1.54) is 49.9 Å². The van der Waals surface area contributed by atoms with Gasteiger partial charge in [-0.2, -0.15) is 0 Å². The maximum absolute atomic E-state index is 12.5. The summed E-state index contributed by atoms with van der Waals surface area (Å²) in [5.41, 5.74) is 3.29. The molecule has 34 heavy (non-hydrogen) atoms. The molecule has 0 atom stereocenters. The van der Waals surface area contributed by atoms with Crippen molar-refractivity contribution in [2.45, 2.75) is 51.6 Å². The molecule has 0 bridgehead atoms. The fourth-order valence-electron chi connectivity index (χ4n) is 5.30. The molecule has 5 rings (SSSR count). The number of aromatic nitrogens is 1. The van der Waals surface area contributed by atoms with E-state index in [0.29, 0.717) is 17.7 Å². The first-order valence-electron chi connectivity index (χ1n) is 13.2. The van der Waals surface area contributed by atoms with E-state index in [0.717, 1.165) is 51.5 Å². The van der Waals surface area contributed by atoms with E-state index in [4.69, 9.17) is 4.98 Å². The van der Waals surface area contributed by atoms with Gasteiger partial charge in [-0.25, -0.2) is 4.98 Å². The van der Waals surface area contributed by atoms with Crippen molar-refractivity contribution in [1.82, 2.24) is 20.1 Å². The smallest absolute Gasteiger partial charge is 0.269 e. The minimum absolute atomic E-state index is 0.0393. The van der Waals surface area contributed by atoms with Crippen molar-refractivity contribution < 1.29 is 4.79 Å². The van der Waals surface area contributed by atoms with E-state index < -0.39 is 0 Å². The van der Waals surface area contributed by atoms with Crippen LogP contribution in [0.15, 0.2) is 42.5 Å². The molecule has 1 aromatic heterocycles. The van der Waals surface area contributed by atoms with Crippen molar-refractivity contribution in [3.8, 4) is 0 Å². The summed E-state index contributed by atoms with van der Waals surface area (Å²) in [6.45, 7) is 10.6.